The minimum absolute atomic E-state index is 0.133. The van der Waals surface area contributed by atoms with E-state index in [-0.39, 0.29) is 11.9 Å². The van der Waals surface area contributed by atoms with Gasteiger partial charge in [0.1, 0.15) is 5.56 Å². The predicted octanol–water partition coefficient (Wildman–Crippen LogP) is 1.75. The number of hydrogen-bond acceptors (Lipinski definition) is 4. The van der Waals surface area contributed by atoms with Crippen LogP contribution in [0.15, 0.2) is 30.9 Å². The number of nitrogens with one attached hydrogen (secondary N) is 1. The number of hydrogen-bond donors (Lipinski definition) is 1. The van der Waals surface area contributed by atoms with Gasteiger partial charge >= 0.3 is 0 Å². The summed E-state index contributed by atoms with van der Waals surface area (Å²) in [5.74, 6) is -0.190. The molecule has 0 saturated heterocycles. The van der Waals surface area contributed by atoms with Crippen LogP contribution in [0.4, 0.5) is 0 Å². The van der Waals surface area contributed by atoms with Crippen molar-refractivity contribution in [2.75, 3.05) is 0 Å². The largest absolute Gasteiger partial charge is 0.345 e. The van der Waals surface area contributed by atoms with Crippen molar-refractivity contribution in [3.63, 3.8) is 0 Å². The Kier molecular flexibility index (Phi) is 3.62. The van der Waals surface area contributed by atoms with Gasteiger partial charge in [0.05, 0.1) is 18.4 Å². The number of nitrogens with zero attached hydrogens (tertiary/aromatic N) is 5. The summed E-state index contributed by atoms with van der Waals surface area (Å²) in [6.45, 7) is 6.80. The van der Waals surface area contributed by atoms with Crippen molar-refractivity contribution < 1.29 is 4.79 Å². The van der Waals surface area contributed by atoms with Crippen LogP contribution in [0.5, 0.6) is 0 Å². The first-order valence-corrected chi connectivity index (χ1v) is 7.23. The summed E-state index contributed by atoms with van der Waals surface area (Å²) in [7, 11) is 0. The van der Waals surface area contributed by atoms with Gasteiger partial charge in [-0.25, -0.2) is 9.50 Å². The van der Waals surface area contributed by atoms with Gasteiger partial charge in [-0.3, -0.25) is 9.48 Å². The lowest BCUT2D eigenvalue weighted by atomic mass is 10.1. The van der Waals surface area contributed by atoms with Crippen molar-refractivity contribution in [1.29, 1.82) is 0 Å². The lowest BCUT2D eigenvalue weighted by Crippen LogP contribution is -2.27. The Labute approximate surface area is 128 Å². The fraction of sp³-hybridized carbons (Fsp3) is 0.333. The molecule has 1 amide bonds. The van der Waals surface area contributed by atoms with Crippen LogP contribution in [0.2, 0.25) is 0 Å². The summed E-state index contributed by atoms with van der Waals surface area (Å²) in [5, 5.41) is 11.4. The van der Waals surface area contributed by atoms with E-state index < -0.39 is 0 Å². The highest BCUT2D eigenvalue weighted by Gasteiger charge is 2.19. The molecule has 7 heteroatoms. The van der Waals surface area contributed by atoms with Gasteiger partial charge in [-0.1, -0.05) is 0 Å². The number of amides is 1. The third-order valence-electron chi connectivity index (χ3n) is 3.78. The van der Waals surface area contributed by atoms with E-state index in [0.29, 0.717) is 11.2 Å². The SMILES string of the molecule is CCn1ncc(C(C)NC(=O)c2cnn3cccnc23)c1C. The third kappa shape index (κ3) is 2.34. The van der Waals surface area contributed by atoms with Crippen molar-refractivity contribution in [2.45, 2.75) is 33.4 Å². The number of aryl methyl sites for hydroxylation is 1. The maximum atomic E-state index is 12.5. The molecule has 0 saturated carbocycles. The van der Waals surface area contributed by atoms with Crippen molar-refractivity contribution in [1.82, 2.24) is 29.7 Å². The van der Waals surface area contributed by atoms with Gasteiger partial charge in [0.25, 0.3) is 5.91 Å². The maximum Gasteiger partial charge on any atom is 0.257 e. The van der Waals surface area contributed by atoms with Gasteiger partial charge in [-0.15, -0.1) is 0 Å². The van der Waals surface area contributed by atoms with E-state index in [1.54, 1.807) is 29.2 Å². The average molecular weight is 298 g/mol. The number of rotatable bonds is 4. The zero-order valence-electron chi connectivity index (χ0n) is 12.8. The number of carbonyl (C=O) groups is 1. The molecule has 114 valence electrons. The van der Waals surface area contributed by atoms with Crippen LogP contribution in [-0.2, 0) is 6.54 Å². The molecule has 0 aliphatic heterocycles. The maximum absolute atomic E-state index is 12.5. The molecule has 0 aliphatic carbocycles. The number of fused-ring (bicyclic) bond motifs is 1. The molecular formula is C15H18N6O. The smallest absolute Gasteiger partial charge is 0.257 e. The predicted molar refractivity (Wildman–Crippen MR) is 81.5 cm³/mol. The van der Waals surface area contributed by atoms with Gasteiger partial charge in [0.2, 0.25) is 0 Å². The first-order valence-electron chi connectivity index (χ1n) is 7.23. The van der Waals surface area contributed by atoms with E-state index in [1.165, 1.54) is 6.20 Å². The normalized spacial score (nSPS) is 12.5. The van der Waals surface area contributed by atoms with E-state index in [0.717, 1.165) is 17.8 Å². The highest BCUT2D eigenvalue weighted by atomic mass is 16.1. The van der Waals surface area contributed by atoms with E-state index in [9.17, 15) is 4.79 Å². The Morgan fingerprint density at radius 1 is 1.36 bits per heavy atom. The van der Waals surface area contributed by atoms with Gasteiger partial charge < -0.3 is 5.32 Å². The van der Waals surface area contributed by atoms with Crippen LogP contribution in [0.3, 0.4) is 0 Å². The minimum Gasteiger partial charge on any atom is -0.345 e. The van der Waals surface area contributed by atoms with Crippen LogP contribution in [-0.4, -0.2) is 30.3 Å². The molecule has 22 heavy (non-hydrogen) atoms. The molecule has 1 unspecified atom stereocenters. The van der Waals surface area contributed by atoms with Crippen LogP contribution in [0.1, 0.15) is 41.5 Å². The van der Waals surface area contributed by atoms with E-state index in [2.05, 4.69) is 20.5 Å². The van der Waals surface area contributed by atoms with Crippen LogP contribution < -0.4 is 5.32 Å². The zero-order chi connectivity index (χ0) is 15.7. The average Bonchev–Trinajstić information content (AvgIpc) is 3.10. The Balaban J connectivity index is 1.83. The topological polar surface area (TPSA) is 77.1 Å². The molecule has 3 rings (SSSR count). The Morgan fingerprint density at radius 2 is 2.18 bits per heavy atom. The second-order valence-corrected chi connectivity index (χ2v) is 5.14. The van der Waals surface area contributed by atoms with Crippen LogP contribution in [0.25, 0.3) is 5.65 Å². The molecule has 1 N–H and O–H groups in total. The van der Waals surface area contributed by atoms with Crippen molar-refractivity contribution >= 4 is 11.6 Å². The van der Waals surface area contributed by atoms with E-state index in [1.807, 2.05) is 25.5 Å². The first kappa shape index (κ1) is 14.2. The summed E-state index contributed by atoms with van der Waals surface area (Å²) < 4.78 is 3.49. The van der Waals surface area contributed by atoms with Gasteiger partial charge in [0, 0.05) is 30.2 Å². The second-order valence-electron chi connectivity index (χ2n) is 5.14. The van der Waals surface area contributed by atoms with E-state index >= 15 is 0 Å². The summed E-state index contributed by atoms with van der Waals surface area (Å²) >= 11 is 0. The van der Waals surface area contributed by atoms with Gasteiger partial charge in [-0.05, 0) is 26.8 Å². The Morgan fingerprint density at radius 3 is 2.91 bits per heavy atom. The molecule has 7 nitrogen and oxygen atoms in total. The molecular weight excluding hydrogens is 280 g/mol. The molecule has 3 aromatic rings. The van der Waals surface area contributed by atoms with Gasteiger partial charge in [-0.2, -0.15) is 10.2 Å². The number of carbonyl (C=O) groups excluding carboxylic acids is 1. The standard InChI is InChI=1S/C15H18N6O/c1-4-20-11(3)12(8-17-20)10(2)19-15(22)13-9-18-21-7-5-6-16-14(13)21/h5-10H,4H2,1-3H3,(H,19,22). The quantitative estimate of drug-likeness (QED) is 0.796. The summed E-state index contributed by atoms with van der Waals surface area (Å²) in [4.78, 5) is 16.7. The number of aromatic nitrogens is 5. The van der Waals surface area contributed by atoms with Crippen molar-refractivity contribution in [2.24, 2.45) is 0 Å². The molecule has 3 aromatic heterocycles. The fourth-order valence-corrected chi connectivity index (χ4v) is 2.54. The molecule has 0 aliphatic rings. The molecule has 0 aromatic carbocycles. The molecule has 3 heterocycles. The first-order chi connectivity index (χ1) is 10.6. The lowest BCUT2D eigenvalue weighted by Gasteiger charge is -2.13. The Hall–Kier alpha value is -2.70. The molecule has 0 fully saturated rings. The van der Waals surface area contributed by atoms with Crippen molar-refractivity contribution in [3.05, 3.63) is 47.7 Å². The monoisotopic (exact) mass is 298 g/mol. The summed E-state index contributed by atoms with van der Waals surface area (Å²) in [6, 6.07) is 1.64. The Bertz CT molecular complexity index is 818. The lowest BCUT2D eigenvalue weighted by molar-refractivity contribution is 0.0941. The van der Waals surface area contributed by atoms with E-state index in [4.69, 9.17) is 0 Å². The highest BCUT2D eigenvalue weighted by molar-refractivity contribution is 5.99. The minimum atomic E-state index is -0.190. The summed E-state index contributed by atoms with van der Waals surface area (Å²) in [5.41, 5.74) is 3.09. The highest BCUT2D eigenvalue weighted by Crippen LogP contribution is 2.18. The molecule has 0 bridgehead atoms. The third-order valence-corrected chi connectivity index (χ3v) is 3.78. The van der Waals surface area contributed by atoms with Crippen molar-refractivity contribution in [3.8, 4) is 0 Å². The fourth-order valence-electron chi connectivity index (χ4n) is 2.54. The molecule has 1 atom stereocenters. The molecule has 0 radical (unpaired) electrons. The molecule has 0 spiro atoms. The zero-order valence-corrected chi connectivity index (χ0v) is 12.8. The van der Waals surface area contributed by atoms with Crippen LogP contribution >= 0.6 is 0 Å². The van der Waals surface area contributed by atoms with Gasteiger partial charge in [0.15, 0.2) is 5.65 Å². The van der Waals surface area contributed by atoms with Crippen LogP contribution in [0, 0.1) is 6.92 Å². The summed E-state index contributed by atoms with van der Waals surface area (Å²) in [6.07, 6.45) is 6.75. The second kappa shape index (κ2) is 5.59.